The number of rotatable bonds is 3. The molecule has 0 aliphatic rings. The molecule has 0 radical (unpaired) electrons. The first-order valence-corrected chi connectivity index (χ1v) is 3.78. The second kappa shape index (κ2) is 3.80. The van der Waals surface area contributed by atoms with Gasteiger partial charge in [-0.15, -0.1) is 0 Å². The van der Waals surface area contributed by atoms with Crippen LogP contribution in [0.15, 0.2) is 12.5 Å². The van der Waals surface area contributed by atoms with Gasteiger partial charge in [0, 0.05) is 6.20 Å². The Bertz CT molecular complexity index is 286. The summed E-state index contributed by atoms with van der Waals surface area (Å²) in [6, 6.07) is 0. The second-order valence-corrected chi connectivity index (χ2v) is 2.44. The maximum Gasteiger partial charge on any atom is 0.339 e. The summed E-state index contributed by atoms with van der Waals surface area (Å²) in [5.74, 6) is -0.959. The lowest BCUT2D eigenvalue weighted by Gasteiger charge is -2.00. The fraction of sp³-hybridized carbons (Fsp3) is 0.375. The summed E-state index contributed by atoms with van der Waals surface area (Å²) >= 11 is 0. The Labute approximate surface area is 70.3 Å². The van der Waals surface area contributed by atoms with Crippen molar-refractivity contribution in [3.63, 3.8) is 0 Å². The van der Waals surface area contributed by atoms with E-state index in [1.807, 2.05) is 6.92 Å². The van der Waals surface area contributed by atoms with Gasteiger partial charge in [-0.25, -0.2) is 14.8 Å². The second-order valence-electron chi connectivity index (χ2n) is 2.44. The first kappa shape index (κ1) is 8.64. The third-order valence-electron chi connectivity index (χ3n) is 1.51. The van der Waals surface area contributed by atoms with E-state index < -0.39 is 5.97 Å². The van der Waals surface area contributed by atoms with Crippen LogP contribution in [0, 0.1) is 0 Å². The molecule has 0 aliphatic carbocycles. The largest absolute Gasteiger partial charge is 0.478 e. The van der Waals surface area contributed by atoms with Crippen LogP contribution in [0.25, 0.3) is 0 Å². The molecule has 1 aromatic rings. The van der Waals surface area contributed by atoms with E-state index in [9.17, 15) is 4.79 Å². The molecule has 0 saturated heterocycles. The standard InChI is InChI=1S/C8H10N2O2/c1-2-3-7-6(8(11)12)4-9-5-10-7/h4-5H,2-3H2,1H3,(H,11,12). The number of nitrogens with zero attached hydrogens (tertiary/aromatic N) is 2. The van der Waals surface area contributed by atoms with Crippen LogP contribution < -0.4 is 0 Å². The molecule has 1 heterocycles. The lowest BCUT2D eigenvalue weighted by molar-refractivity contribution is 0.0694. The molecule has 1 N–H and O–H groups in total. The topological polar surface area (TPSA) is 63.1 Å². The van der Waals surface area contributed by atoms with Gasteiger partial charge in [0.25, 0.3) is 0 Å². The molecule has 1 aromatic heterocycles. The predicted molar refractivity (Wildman–Crippen MR) is 43.0 cm³/mol. The van der Waals surface area contributed by atoms with Crippen molar-refractivity contribution < 1.29 is 9.90 Å². The molecule has 0 spiro atoms. The summed E-state index contributed by atoms with van der Waals surface area (Å²) in [7, 11) is 0. The van der Waals surface area contributed by atoms with Crippen LogP contribution in [0.2, 0.25) is 0 Å². The molecule has 4 heteroatoms. The van der Waals surface area contributed by atoms with Gasteiger partial charge in [-0.05, 0) is 6.42 Å². The number of aromatic nitrogens is 2. The van der Waals surface area contributed by atoms with Gasteiger partial charge in [0.2, 0.25) is 0 Å². The molecule has 12 heavy (non-hydrogen) atoms. The molecular formula is C8H10N2O2. The van der Waals surface area contributed by atoms with Crippen molar-refractivity contribution >= 4 is 5.97 Å². The first-order valence-electron chi connectivity index (χ1n) is 3.78. The summed E-state index contributed by atoms with van der Waals surface area (Å²) in [5.41, 5.74) is 0.819. The number of hydrogen-bond acceptors (Lipinski definition) is 3. The van der Waals surface area contributed by atoms with E-state index in [2.05, 4.69) is 9.97 Å². The number of carbonyl (C=O) groups is 1. The van der Waals surface area contributed by atoms with Gasteiger partial charge in [0.05, 0.1) is 11.3 Å². The average Bonchev–Trinajstić information content (AvgIpc) is 2.05. The van der Waals surface area contributed by atoms with E-state index in [0.29, 0.717) is 12.1 Å². The minimum absolute atomic E-state index is 0.208. The Hall–Kier alpha value is -1.45. The molecule has 0 amide bonds. The molecule has 0 saturated carbocycles. The highest BCUT2D eigenvalue weighted by atomic mass is 16.4. The van der Waals surface area contributed by atoms with Crippen LogP contribution in [-0.2, 0) is 6.42 Å². The molecule has 1 rings (SSSR count). The van der Waals surface area contributed by atoms with Crippen LogP contribution in [0.1, 0.15) is 29.4 Å². The maximum atomic E-state index is 10.6. The summed E-state index contributed by atoms with van der Waals surface area (Å²) in [6.07, 6.45) is 4.28. The predicted octanol–water partition coefficient (Wildman–Crippen LogP) is 1.13. The zero-order valence-electron chi connectivity index (χ0n) is 6.82. The molecule has 0 aliphatic heterocycles. The average molecular weight is 166 g/mol. The zero-order valence-corrected chi connectivity index (χ0v) is 6.82. The molecule has 0 unspecified atom stereocenters. The molecule has 0 bridgehead atoms. The van der Waals surface area contributed by atoms with Crippen LogP contribution in [0.3, 0.4) is 0 Å². The van der Waals surface area contributed by atoms with E-state index in [-0.39, 0.29) is 5.56 Å². The summed E-state index contributed by atoms with van der Waals surface area (Å²) in [6.45, 7) is 1.98. The molecule has 0 fully saturated rings. The van der Waals surface area contributed by atoms with Gasteiger partial charge in [-0.3, -0.25) is 0 Å². The number of aryl methyl sites for hydroxylation is 1. The van der Waals surface area contributed by atoms with E-state index in [1.54, 1.807) is 0 Å². The molecular weight excluding hydrogens is 156 g/mol. The summed E-state index contributed by atoms with van der Waals surface area (Å²) in [4.78, 5) is 18.2. The number of hydrogen-bond donors (Lipinski definition) is 1. The van der Waals surface area contributed by atoms with Gasteiger partial charge in [-0.1, -0.05) is 13.3 Å². The van der Waals surface area contributed by atoms with Gasteiger partial charge < -0.3 is 5.11 Å². The highest BCUT2D eigenvalue weighted by molar-refractivity contribution is 5.88. The van der Waals surface area contributed by atoms with Crippen LogP contribution in [0.5, 0.6) is 0 Å². The Morgan fingerprint density at radius 1 is 1.67 bits per heavy atom. The third-order valence-corrected chi connectivity index (χ3v) is 1.51. The highest BCUT2D eigenvalue weighted by Crippen LogP contribution is 2.05. The van der Waals surface area contributed by atoms with Gasteiger partial charge in [0.1, 0.15) is 6.33 Å². The molecule has 4 nitrogen and oxygen atoms in total. The van der Waals surface area contributed by atoms with Crippen LogP contribution in [0.4, 0.5) is 0 Å². The monoisotopic (exact) mass is 166 g/mol. The van der Waals surface area contributed by atoms with Crippen LogP contribution in [-0.4, -0.2) is 21.0 Å². The molecule has 0 atom stereocenters. The van der Waals surface area contributed by atoms with E-state index in [4.69, 9.17) is 5.11 Å². The Kier molecular flexibility index (Phi) is 2.74. The van der Waals surface area contributed by atoms with Crippen molar-refractivity contribution in [1.82, 2.24) is 9.97 Å². The Morgan fingerprint density at radius 3 is 3.00 bits per heavy atom. The fourth-order valence-corrected chi connectivity index (χ4v) is 0.970. The van der Waals surface area contributed by atoms with E-state index in [1.165, 1.54) is 12.5 Å². The minimum atomic E-state index is -0.959. The fourth-order valence-electron chi connectivity index (χ4n) is 0.970. The maximum absolute atomic E-state index is 10.6. The number of aromatic carboxylic acids is 1. The Balaban J connectivity index is 3.00. The summed E-state index contributed by atoms with van der Waals surface area (Å²) in [5, 5.41) is 8.71. The highest BCUT2D eigenvalue weighted by Gasteiger charge is 2.09. The van der Waals surface area contributed by atoms with Crippen molar-refractivity contribution in [2.45, 2.75) is 19.8 Å². The molecule has 0 aromatic carbocycles. The molecule has 64 valence electrons. The smallest absolute Gasteiger partial charge is 0.339 e. The quantitative estimate of drug-likeness (QED) is 0.731. The normalized spacial score (nSPS) is 9.75. The van der Waals surface area contributed by atoms with Crippen molar-refractivity contribution in [3.05, 3.63) is 23.8 Å². The number of carboxylic acid groups (broad SMARTS) is 1. The van der Waals surface area contributed by atoms with Crippen molar-refractivity contribution in [3.8, 4) is 0 Å². The first-order chi connectivity index (χ1) is 5.75. The van der Waals surface area contributed by atoms with Crippen molar-refractivity contribution in [1.29, 1.82) is 0 Å². The van der Waals surface area contributed by atoms with Gasteiger partial charge in [0.15, 0.2) is 0 Å². The number of carboxylic acids is 1. The lowest BCUT2D eigenvalue weighted by atomic mass is 10.1. The van der Waals surface area contributed by atoms with Gasteiger partial charge in [-0.2, -0.15) is 0 Å². The summed E-state index contributed by atoms with van der Waals surface area (Å²) < 4.78 is 0. The lowest BCUT2D eigenvalue weighted by Crippen LogP contribution is -2.05. The SMILES string of the molecule is CCCc1ncncc1C(=O)O. The van der Waals surface area contributed by atoms with Crippen molar-refractivity contribution in [2.24, 2.45) is 0 Å². The van der Waals surface area contributed by atoms with Crippen LogP contribution >= 0.6 is 0 Å². The third kappa shape index (κ3) is 1.78. The Morgan fingerprint density at radius 2 is 2.42 bits per heavy atom. The van der Waals surface area contributed by atoms with E-state index in [0.717, 1.165) is 6.42 Å². The van der Waals surface area contributed by atoms with Gasteiger partial charge >= 0.3 is 5.97 Å². The zero-order chi connectivity index (χ0) is 8.97. The van der Waals surface area contributed by atoms with E-state index >= 15 is 0 Å². The van der Waals surface area contributed by atoms with Crippen molar-refractivity contribution in [2.75, 3.05) is 0 Å². The minimum Gasteiger partial charge on any atom is -0.478 e.